The normalized spacial score (nSPS) is 11.4. The van der Waals surface area contributed by atoms with Crippen molar-refractivity contribution in [1.29, 1.82) is 0 Å². The number of ketones is 1. The van der Waals surface area contributed by atoms with Gasteiger partial charge in [0.05, 0.1) is 22.2 Å². The van der Waals surface area contributed by atoms with Gasteiger partial charge in [-0.25, -0.2) is 9.78 Å². The minimum Gasteiger partial charge on any atom is -0.306 e. The molecule has 0 aliphatic carbocycles. The van der Waals surface area contributed by atoms with Crippen molar-refractivity contribution in [3.05, 3.63) is 56.4 Å². The minimum absolute atomic E-state index is 0.109. The van der Waals surface area contributed by atoms with Crippen molar-refractivity contribution in [2.24, 2.45) is 0 Å². The van der Waals surface area contributed by atoms with Gasteiger partial charge >= 0.3 is 5.69 Å². The maximum Gasteiger partial charge on any atom is 0.323 e. The molecule has 0 aliphatic rings. The lowest BCUT2D eigenvalue weighted by Crippen LogP contribution is -1.99. The van der Waals surface area contributed by atoms with Crippen LogP contribution < -0.4 is 5.69 Å². The van der Waals surface area contributed by atoms with E-state index in [1.54, 1.807) is 29.8 Å². The zero-order chi connectivity index (χ0) is 14.1. The zero-order valence-electron chi connectivity index (χ0n) is 10.6. The fourth-order valence-corrected chi connectivity index (χ4v) is 2.60. The first-order valence-electron chi connectivity index (χ1n) is 5.98. The molecule has 2 N–H and O–H groups in total. The van der Waals surface area contributed by atoms with Crippen LogP contribution in [0.5, 0.6) is 0 Å². The highest BCUT2D eigenvalue weighted by Crippen LogP contribution is 2.15. The van der Waals surface area contributed by atoms with Crippen LogP contribution in [-0.4, -0.2) is 20.7 Å². The van der Waals surface area contributed by atoms with Gasteiger partial charge in [-0.2, -0.15) is 0 Å². The molecule has 0 amide bonds. The Morgan fingerprint density at radius 3 is 2.85 bits per heavy atom. The number of nitrogens with zero attached hydrogens (tertiary/aromatic N) is 1. The molecule has 5 nitrogen and oxygen atoms in total. The van der Waals surface area contributed by atoms with E-state index in [-0.39, 0.29) is 11.5 Å². The Balaban J connectivity index is 1.90. The van der Waals surface area contributed by atoms with Crippen LogP contribution in [0.3, 0.4) is 0 Å². The van der Waals surface area contributed by atoms with Gasteiger partial charge in [-0.15, -0.1) is 11.3 Å². The highest BCUT2D eigenvalue weighted by Gasteiger charge is 2.05. The second kappa shape index (κ2) is 4.90. The van der Waals surface area contributed by atoms with Crippen molar-refractivity contribution < 1.29 is 4.79 Å². The maximum absolute atomic E-state index is 12.1. The van der Waals surface area contributed by atoms with E-state index in [1.807, 2.05) is 6.92 Å². The summed E-state index contributed by atoms with van der Waals surface area (Å²) in [6.07, 6.45) is 3.28. The van der Waals surface area contributed by atoms with Gasteiger partial charge in [0.2, 0.25) is 0 Å². The van der Waals surface area contributed by atoms with Crippen molar-refractivity contribution in [3.8, 4) is 0 Å². The molecular formula is C14H11N3O2S. The largest absolute Gasteiger partial charge is 0.323 e. The van der Waals surface area contributed by atoms with Crippen molar-refractivity contribution >= 4 is 34.2 Å². The van der Waals surface area contributed by atoms with Crippen molar-refractivity contribution in [2.75, 3.05) is 0 Å². The molecule has 3 rings (SSSR count). The van der Waals surface area contributed by atoms with Crippen molar-refractivity contribution in [1.82, 2.24) is 15.0 Å². The van der Waals surface area contributed by atoms with Crippen LogP contribution in [0.1, 0.15) is 20.9 Å². The molecule has 3 aromatic rings. The number of allylic oxidation sites excluding steroid dienone is 1. The van der Waals surface area contributed by atoms with Crippen molar-refractivity contribution in [2.45, 2.75) is 6.92 Å². The number of aryl methyl sites for hydroxylation is 1. The Hall–Kier alpha value is -2.47. The van der Waals surface area contributed by atoms with Crippen LogP contribution in [-0.2, 0) is 0 Å². The smallest absolute Gasteiger partial charge is 0.306 e. The number of carbonyl (C=O) groups excluding carboxylic acids is 1. The predicted octanol–water partition coefficient (Wildman–Crippen LogP) is 2.52. The molecule has 0 atom stereocenters. The third kappa shape index (κ3) is 2.33. The minimum atomic E-state index is -0.277. The predicted molar refractivity (Wildman–Crippen MR) is 79.1 cm³/mol. The van der Waals surface area contributed by atoms with Gasteiger partial charge in [0.15, 0.2) is 5.78 Å². The Morgan fingerprint density at radius 1 is 1.30 bits per heavy atom. The summed E-state index contributed by atoms with van der Waals surface area (Å²) in [6, 6.07) is 5.07. The monoisotopic (exact) mass is 285 g/mol. The first-order valence-corrected chi connectivity index (χ1v) is 6.86. The van der Waals surface area contributed by atoms with E-state index in [1.165, 1.54) is 17.4 Å². The summed E-state index contributed by atoms with van der Waals surface area (Å²) in [5.74, 6) is -0.109. The number of nitrogens with one attached hydrogen (secondary N) is 2. The van der Waals surface area contributed by atoms with Gasteiger partial charge in [-0.05, 0) is 37.3 Å². The third-order valence-corrected chi connectivity index (χ3v) is 3.87. The van der Waals surface area contributed by atoms with E-state index in [0.29, 0.717) is 16.6 Å². The van der Waals surface area contributed by atoms with E-state index in [4.69, 9.17) is 0 Å². The summed E-state index contributed by atoms with van der Waals surface area (Å²) in [5, 5.41) is 0. The number of aromatic amines is 2. The van der Waals surface area contributed by atoms with E-state index in [2.05, 4.69) is 15.0 Å². The molecule has 100 valence electrons. The standard InChI is InChI=1S/C14H11N3O2S/c1-8-13(20-7-15-8)5-4-12(18)9-2-3-10-11(6-9)17-14(19)16-10/h2-7H,1H3,(H2,16,17,19). The van der Waals surface area contributed by atoms with Gasteiger partial charge in [-0.1, -0.05) is 0 Å². The number of fused-ring (bicyclic) bond motifs is 1. The topological polar surface area (TPSA) is 78.6 Å². The highest BCUT2D eigenvalue weighted by molar-refractivity contribution is 7.10. The first kappa shape index (κ1) is 12.6. The number of H-pyrrole nitrogens is 2. The van der Waals surface area contributed by atoms with Crippen LogP contribution in [0.25, 0.3) is 17.1 Å². The number of hydrogen-bond acceptors (Lipinski definition) is 4. The lowest BCUT2D eigenvalue weighted by atomic mass is 10.1. The second-order valence-corrected chi connectivity index (χ2v) is 5.23. The molecule has 0 radical (unpaired) electrons. The summed E-state index contributed by atoms with van der Waals surface area (Å²) < 4.78 is 0. The maximum atomic E-state index is 12.1. The average Bonchev–Trinajstić information content (AvgIpc) is 2.99. The lowest BCUT2D eigenvalue weighted by molar-refractivity contribution is 0.104. The second-order valence-electron chi connectivity index (χ2n) is 4.34. The Bertz CT molecular complexity index is 870. The molecule has 0 saturated carbocycles. The molecule has 2 aromatic heterocycles. The molecule has 0 bridgehead atoms. The third-order valence-electron chi connectivity index (χ3n) is 2.97. The van der Waals surface area contributed by atoms with Gasteiger partial charge < -0.3 is 9.97 Å². The van der Waals surface area contributed by atoms with Gasteiger partial charge in [0.25, 0.3) is 0 Å². The molecule has 20 heavy (non-hydrogen) atoms. The molecule has 0 unspecified atom stereocenters. The summed E-state index contributed by atoms with van der Waals surface area (Å²) >= 11 is 1.49. The highest BCUT2D eigenvalue weighted by atomic mass is 32.1. The molecular weight excluding hydrogens is 274 g/mol. The SMILES string of the molecule is Cc1ncsc1C=CC(=O)c1ccc2[nH]c(=O)[nH]c2c1. The number of rotatable bonds is 3. The van der Waals surface area contributed by atoms with Gasteiger partial charge in [0, 0.05) is 10.4 Å². The number of hydrogen-bond donors (Lipinski definition) is 2. The Morgan fingerprint density at radius 2 is 2.10 bits per heavy atom. The molecule has 0 spiro atoms. The quantitative estimate of drug-likeness (QED) is 0.573. The van der Waals surface area contributed by atoms with E-state index >= 15 is 0 Å². The number of carbonyl (C=O) groups is 1. The summed E-state index contributed by atoms with van der Waals surface area (Å²) in [5.41, 5.74) is 4.23. The number of imidazole rings is 1. The van der Waals surface area contributed by atoms with Crippen LogP contribution in [0.2, 0.25) is 0 Å². The molecule has 6 heteroatoms. The zero-order valence-corrected chi connectivity index (χ0v) is 11.5. The number of benzene rings is 1. The van der Waals surface area contributed by atoms with Crippen LogP contribution >= 0.6 is 11.3 Å². The number of aromatic nitrogens is 3. The molecule has 0 fully saturated rings. The summed E-state index contributed by atoms with van der Waals surface area (Å²) in [6.45, 7) is 1.90. The van der Waals surface area contributed by atoms with Gasteiger partial charge in [0.1, 0.15) is 0 Å². The van der Waals surface area contributed by atoms with Crippen LogP contribution in [0.4, 0.5) is 0 Å². The van der Waals surface area contributed by atoms with Crippen LogP contribution in [0, 0.1) is 6.92 Å². The number of thiazole rings is 1. The summed E-state index contributed by atoms with van der Waals surface area (Å²) in [7, 11) is 0. The molecule has 0 aliphatic heterocycles. The molecule has 2 heterocycles. The fraction of sp³-hybridized carbons (Fsp3) is 0.0714. The average molecular weight is 285 g/mol. The molecule has 1 aromatic carbocycles. The van der Waals surface area contributed by atoms with Crippen LogP contribution in [0.15, 0.2) is 34.6 Å². The van der Waals surface area contributed by atoms with E-state index in [9.17, 15) is 9.59 Å². The van der Waals surface area contributed by atoms with E-state index in [0.717, 1.165) is 10.6 Å². The Labute approximate surface area is 118 Å². The lowest BCUT2D eigenvalue weighted by Gasteiger charge is -1.96. The molecule has 0 saturated heterocycles. The Kier molecular flexibility index (Phi) is 3.08. The summed E-state index contributed by atoms with van der Waals surface area (Å²) in [4.78, 5) is 33.6. The van der Waals surface area contributed by atoms with E-state index < -0.39 is 0 Å². The first-order chi connectivity index (χ1) is 9.63. The fourth-order valence-electron chi connectivity index (χ4n) is 1.90. The van der Waals surface area contributed by atoms with Crippen molar-refractivity contribution in [3.63, 3.8) is 0 Å². The van der Waals surface area contributed by atoms with Gasteiger partial charge in [-0.3, -0.25) is 4.79 Å².